The molecule has 2 heteroatoms. The van der Waals surface area contributed by atoms with Crippen LogP contribution in [0, 0.1) is 16.7 Å². The molecule has 19 heavy (non-hydrogen) atoms. The Bertz CT molecular complexity index is 273. The van der Waals surface area contributed by atoms with Gasteiger partial charge in [-0.05, 0) is 42.9 Å². The van der Waals surface area contributed by atoms with Crippen LogP contribution in [0.3, 0.4) is 0 Å². The van der Waals surface area contributed by atoms with Gasteiger partial charge in [0, 0.05) is 19.0 Å². The summed E-state index contributed by atoms with van der Waals surface area (Å²) in [5.74, 6) is 0.600. The number of carbonyl (C=O) groups is 1. The second-order valence-electron chi connectivity index (χ2n) is 8.61. The van der Waals surface area contributed by atoms with Crippen LogP contribution in [0.4, 0.5) is 0 Å². The Morgan fingerprint density at radius 1 is 0.895 bits per heavy atom. The maximum atomic E-state index is 12.8. The molecule has 0 saturated carbocycles. The van der Waals surface area contributed by atoms with Gasteiger partial charge in [0.1, 0.15) is 0 Å². The van der Waals surface area contributed by atoms with Crippen LogP contribution in [0.5, 0.6) is 0 Å². The van der Waals surface area contributed by atoms with Gasteiger partial charge in [-0.15, -0.1) is 0 Å². The first kappa shape index (κ1) is 16.5. The number of carbonyl (C=O) groups excluding carboxylic acids is 1. The van der Waals surface area contributed by atoms with Gasteiger partial charge in [0.05, 0.1) is 0 Å². The number of hydrogen-bond donors (Lipinski definition) is 0. The van der Waals surface area contributed by atoms with Gasteiger partial charge in [-0.25, -0.2) is 0 Å². The van der Waals surface area contributed by atoms with Crippen molar-refractivity contribution in [3.8, 4) is 0 Å². The molecular formula is C17H33NO. The Labute approximate surface area is 119 Å². The highest BCUT2D eigenvalue weighted by Gasteiger charge is 2.32. The highest BCUT2D eigenvalue weighted by atomic mass is 16.2. The molecule has 1 rings (SSSR count). The molecule has 0 aromatic carbocycles. The molecule has 1 fully saturated rings. The van der Waals surface area contributed by atoms with Crippen LogP contribution in [0.2, 0.25) is 0 Å². The first-order valence-electron chi connectivity index (χ1n) is 7.87. The maximum absolute atomic E-state index is 12.8. The Kier molecular flexibility index (Phi) is 5.46. The highest BCUT2D eigenvalue weighted by Crippen LogP contribution is 2.34. The summed E-state index contributed by atoms with van der Waals surface area (Å²) in [6.07, 6.45) is 5.65. The molecule has 0 atom stereocenters. The third-order valence-corrected chi connectivity index (χ3v) is 3.73. The van der Waals surface area contributed by atoms with Crippen molar-refractivity contribution in [2.75, 3.05) is 13.1 Å². The summed E-state index contributed by atoms with van der Waals surface area (Å²) >= 11 is 0. The number of amides is 1. The summed E-state index contributed by atoms with van der Waals surface area (Å²) in [4.78, 5) is 14.9. The van der Waals surface area contributed by atoms with E-state index in [1.807, 2.05) is 0 Å². The molecule has 112 valence electrons. The average molecular weight is 267 g/mol. The van der Waals surface area contributed by atoms with Crippen molar-refractivity contribution >= 4 is 5.91 Å². The molecule has 0 unspecified atom stereocenters. The fraction of sp³-hybridized carbons (Fsp3) is 0.941. The van der Waals surface area contributed by atoms with Crippen LogP contribution in [0.15, 0.2) is 0 Å². The van der Waals surface area contributed by atoms with E-state index in [1.165, 1.54) is 19.3 Å². The lowest BCUT2D eigenvalue weighted by Gasteiger charge is -2.35. The third kappa shape index (κ3) is 6.44. The summed E-state index contributed by atoms with van der Waals surface area (Å²) in [5.41, 5.74) is 0.447. The summed E-state index contributed by atoms with van der Waals surface area (Å²) in [7, 11) is 0. The molecule has 0 aromatic heterocycles. The van der Waals surface area contributed by atoms with E-state index in [9.17, 15) is 4.79 Å². The fourth-order valence-electron chi connectivity index (χ4n) is 3.10. The van der Waals surface area contributed by atoms with Gasteiger partial charge in [0.2, 0.25) is 5.91 Å². The predicted molar refractivity (Wildman–Crippen MR) is 82.1 cm³/mol. The van der Waals surface area contributed by atoms with Crippen molar-refractivity contribution < 1.29 is 4.79 Å². The SMILES string of the molecule is CC(C)(C)CC(CC(C)(C)C)C(=O)N1CCCCC1. The minimum atomic E-state index is 0.193. The second kappa shape index (κ2) is 6.28. The molecule has 0 N–H and O–H groups in total. The van der Waals surface area contributed by atoms with E-state index in [1.54, 1.807) is 0 Å². The first-order chi connectivity index (χ1) is 8.58. The van der Waals surface area contributed by atoms with Crippen LogP contribution in [0.1, 0.15) is 73.6 Å². The van der Waals surface area contributed by atoms with Crippen LogP contribution in [-0.4, -0.2) is 23.9 Å². The monoisotopic (exact) mass is 267 g/mol. The summed E-state index contributed by atoms with van der Waals surface area (Å²) in [5, 5.41) is 0. The summed E-state index contributed by atoms with van der Waals surface area (Å²) in [6, 6.07) is 0. The van der Waals surface area contributed by atoms with E-state index in [4.69, 9.17) is 0 Å². The third-order valence-electron chi connectivity index (χ3n) is 3.73. The molecule has 1 aliphatic rings. The van der Waals surface area contributed by atoms with Gasteiger partial charge in [0.15, 0.2) is 0 Å². The normalized spacial score (nSPS) is 17.9. The number of likely N-dealkylation sites (tertiary alicyclic amines) is 1. The Morgan fingerprint density at radius 3 is 1.68 bits per heavy atom. The second-order valence-corrected chi connectivity index (χ2v) is 8.61. The van der Waals surface area contributed by atoms with E-state index >= 15 is 0 Å². The van der Waals surface area contributed by atoms with E-state index in [0.29, 0.717) is 5.91 Å². The lowest BCUT2D eigenvalue weighted by atomic mass is 9.76. The van der Waals surface area contributed by atoms with Crippen LogP contribution in [0.25, 0.3) is 0 Å². The molecule has 2 nitrogen and oxygen atoms in total. The molecule has 1 aliphatic heterocycles. The summed E-state index contributed by atoms with van der Waals surface area (Å²) < 4.78 is 0. The zero-order valence-corrected chi connectivity index (χ0v) is 13.9. The number of rotatable bonds is 3. The molecule has 0 bridgehead atoms. The molecular weight excluding hydrogens is 234 g/mol. The van der Waals surface area contributed by atoms with Gasteiger partial charge < -0.3 is 4.90 Å². The van der Waals surface area contributed by atoms with Gasteiger partial charge in [-0.2, -0.15) is 0 Å². The minimum Gasteiger partial charge on any atom is -0.342 e. The zero-order valence-electron chi connectivity index (χ0n) is 13.9. The quantitative estimate of drug-likeness (QED) is 0.738. The van der Waals surface area contributed by atoms with Gasteiger partial charge >= 0.3 is 0 Å². The van der Waals surface area contributed by atoms with Gasteiger partial charge in [0.25, 0.3) is 0 Å². The average Bonchev–Trinajstić information content (AvgIpc) is 2.24. The van der Waals surface area contributed by atoms with Crippen molar-refractivity contribution in [3.05, 3.63) is 0 Å². The molecule has 1 heterocycles. The van der Waals surface area contributed by atoms with Gasteiger partial charge in [-0.1, -0.05) is 41.5 Å². The van der Waals surface area contributed by atoms with Crippen molar-refractivity contribution in [1.29, 1.82) is 0 Å². The van der Waals surface area contributed by atoms with Crippen LogP contribution in [-0.2, 0) is 4.79 Å². The van der Waals surface area contributed by atoms with Gasteiger partial charge in [-0.3, -0.25) is 4.79 Å². The smallest absolute Gasteiger partial charge is 0.225 e. The summed E-state index contributed by atoms with van der Waals surface area (Å²) in [6.45, 7) is 15.4. The molecule has 1 amide bonds. The fourth-order valence-corrected chi connectivity index (χ4v) is 3.10. The van der Waals surface area contributed by atoms with E-state index in [0.717, 1.165) is 25.9 Å². The number of hydrogen-bond acceptors (Lipinski definition) is 1. The maximum Gasteiger partial charge on any atom is 0.225 e. The first-order valence-corrected chi connectivity index (χ1v) is 7.87. The van der Waals surface area contributed by atoms with E-state index < -0.39 is 0 Å². The molecule has 0 radical (unpaired) electrons. The Morgan fingerprint density at radius 2 is 1.32 bits per heavy atom. The van der Waals surface area contributed by atoms with Crippen LogP contribution >= 0.6 is 0 Å². The highest BCUT2D eigenvalue weighted by molar-refractivity contribution is 5.79. The number of nitrogens with zero attached hydrogens (tertiary/aromatic N) is 1. The Balaban J connectivity index is 2.73. The van der Waals surface area contributed by atoms with Crippen molar-refractivity contribution in [2.45, 2.75) is 73.6 Å². The van der Waals surface area contributed by atoms with Crippen molar-refractivity contribution in [3.63, 3.8) is 0 Å². The van der Waals surface area contributed by atoms with Crippen LogP contribution < -0.4 is 0 Å². The lowest BCUT2D eigenvalue weighted by Crippen LogP contribution is -2.41. The topological polar surface area (TPSA) is 20.3 Å². The zero-order chi connectivity index (χ0) is 14.7. The standard InChI is InChI=1S/C17H33NO/c1-16(2,3)12-14(13-17(4,5)6)15(19)18-10-8-7-9-11-18/h14H,7-13H2,1-6H3. The largest absolute Gasteiger partial charge is 0.342 e. The predicted octanol–water partition coefficient (Wildman–Crippen LogP) is 4.49. The lowest BCUT2D eigenvalue weighted by molar-refractivity contribution is -0.138. The van der Waals surface area contributed by atoms with E-state index in [2.05, 4.69) is 46.4 Å². The molecule has 0 aliphatic carbocycles. The minimum absolute atomic E-state index is 0.193. The van der Waals surface area contributed by atoms with E-state index in [-0.39, 0.29) is 16.7 Å². The molecule has 1 saturated heterocycles. The van der Waals surface area contributed by atoms with Crippen molar-refractivity contribution in [1.82, 2.24) is 4.90 Å². The Hall–Kier alpha value is -0.530. The van der Waals surface area contributed by atoms with Crippen molar-refractivity contribution in [2.24, 2.45) is 16.7 Å². The number of piperidine rings is 1. The molecule has 0 spiro atoms. The molecule has 0 aromatic rings.